The quantitative estimate of drug-likeness (QED) is 0.116. The average molecular weight is 867 g/mol. The molecule has 10 nitrogen and oxygen atoms in total. The molecule has 2 N–H and O–H groups in total. The van der Waals surface area contributed by atoms with Crippen molar-refractivity contribution in [3.63, 3.8) is 0 Å². The fourth-order valence-electron chi connectivity index (χ4n) is 4.31. The van der Waals surface area contributed by atoms with Crippen molar-refractivity contribution in [2.45, 2.75) is 25.9 Å². The van der Waals surface area contributed by atoms with Gasteiger partial charge in [-0.2, -0.15) is 0 Å². The van der Waals surface area contributed by atoms with Crippen molar-refractivity contribution in [3.8, 4) is 22.5 Å². The molecule has 44 heavy (non-hydrogen) atoms. The van der Waals surface area contributed by atoms with Crippen LogP contribution in [0, 0.1) is 7.14 Å². The molecular weight excluding hydrogens is 833 g/mol. The monoisotopic (exact) mass is 866 g/mol. The minimum Gasteiger partial charge on any atom is -0.452 e. The molecule has 0 spiro atoms. The number of nitrogens with two attached hydrogens (primary N) is 1. The minimum atomic E-state index is -0.805. The van der Waals surface area contributed by atoms with Crippen LogP contribution in [0.1, 0.15) is 37.6 Å². The van der Waals surface area contributed by atoms with Gasteiger partial charge in [0.15, 0.2) is 0 Å². The lowest BCUT2D eigenvalue weighted by Crippen LogP contribution is -2.29. The summed E-state index contributed by atoms with van der Waals surface area (Å²) in [4.78, 5) is 32.3. The molecule has 0 aliphatic carbocycles. The summed E-state index contributed by atoms with van der Waals surface area (Å²) in [5.74, 6) is 2.06. The molecule has 1 aliphatic rings. The van der Waals surface area contributed by atoms with Crippen LogP contribution in [0.15, 0.2) is 60.9 Å². The number of hydrogen-bond donors (Lipinski definition) is 1. The van der Waals surface area contributed by atoms with Gasteiger partial charge in [-0.3, -0.25) is 4.90 Å². The molecule has 236 valence electrons. The third kappa shape index (κ3) is 10.3. The summed E-state index contributed by atoms with van der Waals surface area (Å²) in [6, 6.07) is 16.4. The fraction of sp³-hybridized carbons (Fsp3) is 0.333. The van der Waals surface area contributed by atoms with Gasteiger partial charge in [0.2, 0.25) is 0 Å². The molecule has 2 atom stereocenters. The lowest BCUT2D eigenvalue weighted by molar-refractivity contribution is 0.148. The molecule has 1 saturated heterocycles. The number of amides is 1. The second kappa shape index (κ2) is 17.3. The van der Waals surface area contributed by atoms with Crippen molar-refractivity contribution in [2.75, 3.05) is 25.6 Å². The highest BCUT2D eigenvalue weighted by molar-refractivity contribution is 14.1. The summed E-state index contributed by atoms with van der Waals surface area (Å²) in [5, 5.41) is 0. The standard InChI is InChI=1S/C15H16IN3O2.C12H14IN3.C3H4Cl2O2/c1-10(19-7-8-21-15(19)20)14-17-13(9-18(14)2)11-3-5-12(16)6-4-11;1-8(14)12-15-11(7-16(12)2)9-3-5-10(13)6-4-9;4-1-2-7-3(5)6/h3-6,9-10H,7-8H2,1-2H3;3-8H,14H2,1-2H3;1-2H2/t10-;8-;/m11./s1. The van der Waals surface area contributed by atoms with E-state index in [2.05, 4.69) is 103 Å². The third-order valence-electron chi connectivity index (χ3n) is 6.44. The smallest absolute Gasteiger partial charge is 0.410 e. The number of hydrogen-bond acceptors (Lipinski definition) is 7. The molecule has 0 radical (unpaired) electrons. The molecule has 14 heteroatoms. The molecule has 1 aliphatic heterocycles. The number of imidazole rings is 2. The van der Waals surface area contributed by atoms with Crippen molar-refractivity contribution in [2.24, 2.45) is 19.8 Å². The molecule has 2 aromatic carbocycles. The van der Waals surface area contributed by atoms with E-state index in [0.29, 0.717) is 19.0 Å². The first kappa shape index (κ1) is 36.1. The number of carbonyl (C=O) groups excluding carboxylic acids is 2. The van der Waals surface area contributed by atoms with Gasteiger partial charge in [-0.25, -0.2) is 19.6 Å². The summed E-state index contributed by atoms with van der Waals surface area (Å²) in [6.07, 6.45) is 3.75. The highest BCUT2D eigenvalue weighted by atomic mass is 127. The molecule has 2 aromatic heterocycles. The normalized spacial score (nSPS) is 13.7. The van der Waals surface area contributed by atoms with Gasteiger partial charge in [0.25, 0.3) is 0 Å². The second-order valence-corrected chi connectivity index (χ2v) is 12.9. The van der Waals surface area contributed by atoms with E-state index in [9.17, 15) is 9.59 Å². The van der Waals surface area contributed by atoms with Gasteiger partial charge in [0.05, 0.1) is 35.9 Å². The van der Waals surface area contributed by atoms with Crippen molar-refractivity contribution < 1.29 is 19.1 Å². The van der Waals surface area contributed by atoms with Crippen LogP contribution in [0.2, 0.25) is 0 Å². The Labute approximate surface area is 294 Å². The Kier molecular flexibility index (Phi) is 14.2. The minimum absolute atomic E-state index is 0.0393. The maximum Gasteiger partial charge on any atom is 0.410 e. The molecule has 5 rings (SSSR count). The second-order valence-electron chi connectivity index (χ2n) is 9.75. The van der Waals surface area contributed by atoms with Gasteiger partial charge in [0.1, 0.15) is 24.9 Å². The maximum absolute atomic E-state index is 11.7. The SMILES string of the molecule is C[C@@H](N)c1nc(-c2ccc(I)cc2)cn1C.C[C@H](c1nc(-c2ccc(I)cc2)cn1C)N1CCOC1=O.O=C(Cl)OCCCl. The number of benzene rings is 2. The van der Waals surface area contributed by atoms with E-state index in [0.717, 1.165) is 34.2 Å². The largest absolute Gasteiger partial charge is 0.452 e. The molecule has 1 amide bonds. The van der Waals surface area contributed by atoms with Crippen molar-refractivity contribution in [1.82, 2.24) is 24.0 Å². The summed E-state index contributed by atoms with van der Waals surface area (Å²) >= 11 is 14.4. The summed E-state index contributed by atoms with van der Waals surface area (Å²) in [7, 11) is 3.93. The summed E-state index contributed by atoms with van der Waals surface area (Å²) < 4.78 is 15.6. The first-order chi connectivity index (χ1) is 20.9. The van der Waals surface area contributed by atoms with Crippen LogP contribution in [0.25, 0.3) is 22.5 Å². The van der Waals surface area contributed by atoms with Gasteiger partial charge in [-0.1, -0.05) is 24.3 Å². The van der Waals surface area contributed by atoms with Gasteiger partial charge < -0.3 is 24.3 Å². The van der Waals surface area contributed by atoms with Crippen molar-refractivity contribution in [3.05, 3.63) is 79.7 Å². The summed E-state index contributed by atoms with van der Waals surface area (Å²) in [6.45, 7) is 5.18. The van der Waals surface area contributed by atoms with Crippen LogP contribution >= 0.6 is 68.4 Å². The Morgan fingerprint density at radius 2 is 1.43 bits per heavy atom. The van der Waals surface area contributed by atoms with Crippen LogP contribution in [-0.2, 0) is 23.6 Å². The number of halogens is 4. The van der Waals surface area contributed by atoms with E-state index < -0.39 is 5.43 Å². The van der Waals surface area contributed by atoms with Gasteiger partial charge in [-0.05, 0) is 83.3 Å². The van der Waals surface area contributed by atoms with Crippen molar-refractivity contribution in [1.29, 1.82) is 0 Å². The van der Waals surface area contributed by atoms with E-state index in [1.165, 1.54) is 7.14 Å². The number of rotatable bonds is 7. The zero-order valence-electron chi connectivity index (χ0n) is 24.7. The Hall–Kier alpha value is -2.40. The number of carbonyl (C=O) groups is 2. The lowest BCUT2D eigenvalue weighted by Gasteiger charge is -2.20. The van der Waals surface area contributed by atoms with E-state index in [-0.39, 0.29) is 24.8 Å². The van der Waals surface area contributed by atoms with Crippen molar-refractivity contribution >= 4 is 79.9 Å². The Morgan fingerprint density at radius 3 is 1.80 bits per heavy atom. The van der Waals surface area contributed by atoms with Gasteiger partial charge in [-0.15, -0.1) is 11.6 Å². The average Bonchev–Trinajstić information content (AvgIpc) is 3.71. The predicted molar refractivity (Wildman–Crippen MR) is 190 cm³/mol. The number of cyclic esters (lactones) is 1. The third-order valence-corrected chi connectivity index (χ3v) is 8.14. The number of alkyl halides is 1. The van der Waals surface area contributed by atoms with Crippen LogP contribution in [-0.4, -0.2) is 61.2 Å². The highest BCUT2D eigenvalue weighted by Crippen LogP contribution is 2.26. The van der Waals surface area contributed by atoms with E-state index in [1.807, 2.05) is 49.5 Å². The fourth-order valence-corrected chi connectivity index (χ4v) is 5.18. The zero-order chi connectivity index (χ0) is 32.4. The van der Waals surface area contributed by atoms with E-state index in [1.54, 1.807) is 4.90 Å². The highest BCUT2D eigenvalue weighted by Gasteiger charge is 2.30. The topological polar surface area (TPSA) is 117 Å². The molecule has 4 aromatic rings. The Bertz CT molecular complexity index is 1530. The maximum atomic E-state index is 11.7. The van der Waals surface area contributed by atoms with Crippen LogP contribution in [0.5, 0.6) is 0 Å². The van der Waals surface area contributed by atoms with E-state index >= 15 is 0 Å². The molecule has 3 heterocycles. The lowest BCUT2D eigenvalue weighted by atomic mass is 10.2. The Balaban J connectivity index is 0.000000203. The molecule has 0 bridgehead atoms. The first-order valence-corrected chi connectivity index (χ1v) is 16.6. The Morgan fingerprint density at radius 1 is 0.955 bits per heavy atom. The number of nitrogens with zero attached hydrogens (tertiary/aromatic N) is 5. The number of ether oxygens (including phenoxy) is 2. The predicted octanol–water partition coefficient (Wildman–Crippen LogP) is 7.52. The van der Waals surface area contributed by atoms with E-state index in [4.69, 9.17) is 38.7 Å². The van der Waals surface area contributed by atoms with Gasteiger partial charge in [0, 0.05) is 56.4 Å². The zero-order valence-corrected chi connectivity index (χ0v) is 30.5. The number of aryl methyl sites for hydroxylation is 2. The van der Waals surface area contributed by atoms with Crippen LogP contribution < -0.4 is 5.73 Å². The van der Waals surface area contributed by atoms with Gasteiger partial charge >= 0.3 is 11.5 Å². The molecular formula is C30H34Cl2I2N6O4. The van der Waals surface area contributed by atoms with Crippen LogP contribution in [0.4, 0.5) is 9.59 Å². The first-order valence-electron chi connectivity index (χ1n) is 13.6. The molecule has 0 saturated carbocycles. The summed E-state index contributed by atoms with van der Waals surface area (Å²) in [5.41, 5.74) is 9.14. The molecule has 0 unspecified atom stereocenters. The van der Waals surface area contributed by atoms with Crippen LogP contribution in [0.3, 0.4) is 0 Å². The number of aromatic nitrogens is 4. The molecule has 1 fully saturated rings.